The Morgan fingerprint density at radius 1 is 1.10 bits per heavy atom. The van der Waals surface area contributed by atoms with E-state index in [1.165, 1.54) is 0 Å². The summed E-state index contributed by atoms with van der Waals surface area (Å²) in [4.78, 5) is 11.8. The summed E-state index contributed by atoms with van der Waals surface area (Å²) in [5, 5.41) is 2.80. The number of ether oxygens (including phenoxy) is 1. The van der Waals surface area contributed by atoms with Gasteiger partial charge in [-0.2, -0.15) is 0 Å². The molecule has 0 aliphatic rings. The van der Waals surface area contributed by atoms with Gasteiger partial charge >= 0.3 is 0 Å². The zero-order valence-corrected chi connectivity index (χ0v) is 12.3. The van der Waals surface area contributed by atoms with Crippen LogP contribution >= 0.6 is 0 Å². The second-order valence-corrected chi connectivity index (χ2v) is 5.09. The van der Waals surface area contributed by atoms with E-state index < -0.39 is 0 Å². The van der Waals surface area contributed by atoms with Crippen molar-refractivity contribution in [3.8, 4) is 5.75 Å². The first kappa shape index (κ1) is 14.9. The van der Waals surface area contributed by atoms with Crippen LogP contribution < -0.4 is 15.8 Å². The van der Waals surface area contributed by atoms with E-state index in [-0.39, 0.29) is 5.91 Å². The summed E-state index contributed by atoms with van der Waals surface area (Å²) in [6.07, 6.45) is 0.303. The topological polar surface area (TPSA) is 64.3 Å². The fraction of sp³-hybridized carbons (Fsp3) is 0.235. The molecule has 0 unspecified atom stereocenters. The minimum absolute atomic E-state index is 0.0795. The molecule has 0 aliphatic carbocycles. The summed E-state index contributed by atoms with van der Waals surface area (Å²) in [5.74, 6) is 0.719. The number of amides is 1. The Hall–Kier alpha value is -2.49. The van der Waals surface area contributed by atoms with Crippen LogP contribution in [-0.2, 0) is 4.79 Å². The zero-order chi connectivity index (χ0) is 15.2. The van der Waals surface area contributed by atoms with Crippen LogP contribution in [0, 0.1) is 13.8 Å². The molecule has 0 saturated heterocycles. The molecule has 0 saturated carbocycles. The van der Waals surface area contributed by atoms with E-state index in [0.717, 1.165) is 22.6 Å². The maximum absolute atomic E-state index is 11.8. The summed E-state index contributed by atoms with van der Waals surface area (Å²) in [6, 6.07) is 13.1. The number of nitrogens with two attached hydrogens (primary N) is 1. The summed E-state index contributed by atoms with van der Waals surface area (Å²) in [6.45, 7) is 4.39. The molecule has 4 heteroatoms. The summed E-state index contributed by atoms with van der Waals surface area (Å²) < 4.78 is 5.61. The van der Waals surface area contributed by atoms with Gasteiger partial charge in [-0.1, -0.05) is 6.07 Å². The molecule has 3 N–H and O–H groups in total. The third kappa shape index (κ3) is 4.84. The number of nitrogen functional groups attached to an aromatic ring is 1. The number of benzene rings is 2. The van der Waals surface area contributed by atoms with Crippen LogP contribution in [0.3, 0.4) is 0 Å². The molecular formula is C17H20N2O2. The number of carbonyl (C=O) groups is 1. The molecule has 0 aliphatic heterocycles. The number of hydrogen-bond acceptors (Lipinski definition) is 3. The van der Waals surface area contributed by atoms with Gasteiger partial charge in [0.15, 0.2) is 0 Å². The van der Waals surface area contributed by atoms with Crippen LogP contribution in [0.5, 0.6) is 5.75 Å². The van der Waals surface area contributed by atoms with Crippen molar-refractivity contribution in [2.75, 3.05) is 17.7 Å². The Morgan fingerprint density at radius 3 is 2.33 bits per heavy atom. The van der Waals surface area contributed by atoms with Crippen molar-refractivity contribution in [2.24, 2.45) is 0 Å². The second-order valence-electron chi connectivity index (χ2n) is 5.09. The zero-order valence-electron chi connectivity index (χ0n) is 12.3. The molecule has 4 nitrogen and oxygen atoms in total. The average molecular weight is 284 g/mol. The number of anilines is 2. The highest BCUT2D eigenvalue weighted by Crippen LogP contribution is 2.16. The third-order valence-electron chi connectivity index (χ3n) is 2.99. The first-order valence-electron chi connectivity index (χ1n) is 6.89. The van der Waals surface area contributed by atoms with E-state index in [2.05, 4.69) is 11.4 Å². The Morgan fingerprint density at radius 2 is 1.71 bits per heavy atom. The lowest BCUT2D eigenvalue weighted by molar-refractivity contribution is -0.116. The van der Waals surface area contributed by atoms with Gasteiger partial charge in [0.1, 0.15) is 5.75 Å². The summed E-state index contributed by atoms with van der Waals surface area (Å²) in [5.41, 5.74) is 9.30. The second kappa shape index (κ2) is 6.79. The fourth-order valence-corrected chi connectivity index (χ4v) is 2.07. The molecule has 1 amide bonds. The van der Waals surface area contributed by atoms with Gasteiger partial charge in [-0.05, 0) is 61.4 Å². The maximum atomic E-state index is 11.8. The molecule has 2 aromatic rings. The van der Waals surface area contributed by atoms with E-state index in [9.17, 15) is 4.79 Å². The SMILES string of the molecule is Cc1cc(C)cc(OCCC(=O)Nc2ccc(N)cc2)c1. The van der Waals surface area contributed by atoms with E-state index in [0.29, 0.717) is 18.7 Å². The van der Waals surface area contributed by atoms with Crippen molar-refractivity contribution >= 4 is 17.3 Å². The first-order chi connectivity index (χ1) is 10.0. The first-order valence-corrected chi connectivity index (χ1v) is 6.89. The summed E-state index contributed by atoms with van der Waals surface area (Å²) in [7, 11) is 0. The average Bonchev–Trinajstić information content (AvgIpc) is 2.40. The van der Waals surface area contributed by atoms with Crippen molar-refractivity contribution in [3.05, 3.63) is 53.6 Å². The van der Waals surface area contributed by atoms with Gasteiger partial charge in [-0.3, -0.25) is 4.79 Å². The summed E-state index contributed by atoms with van der Waals surface area (Å²) >= 11 is 0. The van der Waals surface area contributed by atoms with Crippen molar-refractivity contribution in [1.82, 2.24) is 0 Å². The number of aryl methyl sites for hydroxylation is 2. The van der Waals surface area contributed by atoms with E-state index in [1.807, 2.05) is 26.0 Å². The quantitative estimate of drug-likeness (QED) is 0.828. The number of rotatable bonds is 5. The van der Waals surface area contributed by atoms with Crippen molar-refractivity contribution in [1.29, 1.82) is 0 Å². The van der Waals surface area contributed by atoms with Crippen LogP contribution in [0.25, 0.3) is 0 Å². The molecule has 2 rings (SSSR count). The highest BCUT2D eigenvalue weighted by molar-refractivity contribution is 5.90. The lowest BCUT2D eigenvalue weighted by Gasteiger charge is -2.09. The Labute approximate surface area is 124 Å². The van der Waals surface area contributed by atoms with Gasteiger partial charge in [0, 0.05) is 11.4 Å². The Balaban J connectivity index is 1.80. The Bertz CT molecular complexity index is 601. The molecule has 0 radical (unpaired) electrons. The van der Waals surface area contributed by atoms with Gasteiger partial charge in [-0.15, -0.1) is 0 Å². The number of carbonyl (C=O) groups excluding carboxylic acids is 1. The van der Waals surface area contributed by atoms with Gasteiger partial charge in [-0.25, -0.2) is 0 Å². The highest BCUT2D eigenvalue weighted by Gasteiger charge is 2.03. The normalized spacial score (nSPS) is 10.2. The van der Waals surface area contributed by atoms with E-state index in [1.54, 1.807) is 24.3 Å². The molecule has 0 spiro atoms. The standard InChI is InChI=1S/C17H20N2O2/c1-12-9-13(2)11-16(10-12)21-8-7-17(20)19-15-5-3-14(18)4-6-15/h3-6,9-11H,7-8,18H2,1-2H3,(H,19,20). The van der Waals surface area contributed by atoms with Crippen molar-refractivity contribution < 1.29 is 9.53 Å². The minimum Gasteiger partial charge on any atom is -0.493 e. The lowest BCUT2D eigenvalue weighted by atomic mass is 10.1. The van der Waals surface area contributed by atoms with Gasteiger partial charge in [0.2, 0.25) is 5.91 Å². The molecule has 0 heterocycles. The Kier molecular flexibility index (Phi) is 4.82. The van der Waals surface area contributed by atoms with Crippen LogP contribution in [0.2, 0.25) is 0 Å². The molecule has 110 valence electrons. The predicted octanol–water partition coefficient (Wildman–Crippen LogP) is 3.29. The van der Waals surface area contributed by atoms with E-state index >= 15 is 0 Å². The van der Waals surface area contributed by atoms with Gasteiger partial charge in [0.05, 0.1) is 13.0 Å². The van der Waals surface area contributed by atoms with E-state index in [4.69, 9.17) is 10.5 Å². The monoisotopic (exact) mass is 284 g/mol. The van der Waals surface area contributed by atoms with Crippen LogP contribution in [-0.4, -0.2) is 12.5 Å². The number of hydrogen-bond donors (Lipinski definition) is 2. The van der Waals surface area contributed by atoms with Crippen molar-refractivity contribution in [3.63, 3.8) is 0 Å². The molecule has 0 atom stereocenters. The third-order valence-corrected chi connectivity index (χ3v) is 2.99. The van der Waals surface area contributed by atoms with Gasteiger partial charge < -0.3 is 15.8 Å². The van der Waals surface area contributed by atoms with Crippen molar-refractivity contribution in [2.45, 2.75) is 20.3 Å². The maximum Gasteiger partial charge on any atom is 0.227 e. The molecule has 21 heavy (non-hydrogen) atoms. The van der Waals surface area contributed by atoms with Crippen LogP contribution in [0.15, 0.2) is 42.5 Å². The molecule has 0 bridgehead atoms. The molecule has 2 aromatic carbocycles. The molecular weight excluding hydrogens is 264 g/mol. The molecule has 0 fully saturated rings. The van der Waals surface area contributed by atoms with Crippen LogP contribution in [0.1, 0.15) is 17.5 Å². The molecule has 0 aromatic heterocycles. The fourth-order valence-electron chi connectivity index (χ4n) is 2.07. The minimum atomic E-state index is -0.0795. The van der Waals surface area contributed by atoms with Crippen LogP contribution in [0.4, 0.5) is 11.4 Å². The lowest BCUT2D eigenvalue weighted by Crippen LogP contribution is -2.15. The largest absolute Gasteiger partial charge is 0.493 e. The number of nitrogens with one attached hydrogen (secondary N) is 1. The smallest absolute Gasteiger partial charge is 0.227 e. The van der Waals surface area contributed by atoms with Gasteiger partial charge in [0.25, 0.3) is 0 Å². The predicted molar refractivity (Wildman–Crippen MR) is 85.5 cm³/mol. The highest BCUT2D eigenvalue weighted by atomic mass is 16.5.